The van der Waals surface area contributed by atoms with Crippen LogP contribution in [0.4, 0.5) is 0 Å². The molecule has 0 spiro atoms. The highest BCUT2D eigenvalue weighted by atomic mass is 16.5. The van der Waals surface area contributed by atoms with Gasteiger partial charge in [-0.15, -0.1) is 0 Å². The summed E-state index contributed by atoms with van der Waals surface area (Å²) in [6.45, 7) is 26.6. The van der Waals surface area contributed by atoms with E-state index < -0.39 is 0 Å². The first-order valence-corrected chi connectivity index (χ1v) is 19.8. The quantitative estimate of drug-likeness (QED) is 0.317. The van der Waals surface area contributed by atoms with E-state index in [1.807, 2.05) is 7.11 Å². The van der Waals surface area contributed by atoms with Crippen molar-refractivity contribution in [1.82, 2.24) is 0 Å². The lowest BCUT2D eigenvalue weighted by Crippen LogP contribution is -2.39. The molecule has 6 rings (SSSR count). The van der Waals surface area contributed by atoms with Gasteiger partial charge in [0.2, 0.25) is 0 Å². The molecule has 0 N–H and O–H groups in total. The van der Waals surface area contributed by atoms with Gasteiger partial charge in [0.25, 0.3) is 0 Å². The number of hydrogen-bond donors (Lipinski definition) is 0. The summed E-state index contributed by atoms with van der Waals surface area (Å²) in [6.07, 6.45) is 11.4. The van der Waals surface area contributed by atoms with Gasteiger partial charge in [-0.25, -0.2) is 0 Å². The van der Waals surface area contributed by atoms with E-state index in [0.717, 1.165) is 47.3 Å². The van der Waals surface area contributed by atoms with Gasteiger partial charge in [-0.05, 0) is 148 Å². The summed E-state index contributed by atoms with van der Waals surface area (Å²) in [4.78, 5) is 0. The maximum atomic E-state index is 6.43. The first-order chi connectivity index (χ1) is 22.0. The predicted molar refractivity (Wildman–Crippen MR) is 201 cm³/mol. The fourth-order valence-corrected chi connectivity index (χ4v) is 11.6. The molecule has 260 valence electrons. The van der Waals surface area contributed by atoms with Crippen molar-refractivity contribution in [3.05, 3.63) is 70.3 Å². The molecule has 0 aromatic heterocycles. The number of rotatable bonds is 5. The maximum absolute atomic E-state index is 6.43. The van der Waals surface area contributed by atoms with Crippen LogP contribution in [0, 0.1) is 47.3 Å². The minimum Gasteiger partial charge on any atom is -0.381 e. The van der Waals surface area contributed by atoms with Gasteiger partial charge in [0, 0.05) is 7.11 Å². The third kappa shape index (κ3) is 6.92. The molecule has 0 aliphatic heterocycles. The molecule has 1 heteroatoms. The standard InChI is InChI=1S/C46H70O/c1-28-22-40-35(30-16-18-32(19-17-30)44(3,4)5)14-13-15-37(40)38(28)27-39-29(2)23-41-36(20-21-42(47-12)43(39)41)31-24-33(45(6,7)8)26-34(25-31)46(9,10)11/h16-19,24-26,28-29,35-43H,13-15,20-23,27H2,1-12H3. The largest absolute Gasteiger partial charge is 0.381 e. The Morgan fingerprint density at radius 3 is 1.70 bits per heavy atom. The van der Waals surface area contributed by atoms with Crippen LogP contribution >= 0.6 is 0 Å². The molecular formula is C46H70O. The number of hydrogen-bond acceptors (Lipinski definition) is 1. The molecule has 0 bridgehead atoms. The summed E-state index contributed by atoms with van der Waals surface area (Å²) >= 11 is 0. The molecular weight excluding hydrogens is 569 g/mol. The van der Waals surface area contributed by atoms with E-state index in [1.165, 1.54) is 68.1 Å². The molecule has 2 aromatic carbocycles. The number of ether oxygens (including phenoxy) is 1. The Bertz CT molecular complexity index is 1330. The van der Waals surface area contributed by atoms with Crippen LogP contribution in [-0.4, -0.2) is 13.2 Å². The summed E-state index contributed by atoms with van der Waals surface area (Å²) in [5.74, 6) is 7.89. The van der Waals surface area contributed by atoms with Crippen LogP contribution < -0.4 is 0 Å². The normalized spacial score (nSPS) is 36.3. The van der Waals surface area contributed by atoms with Gasteiger partial charge in [-0.3, -0.25) is 0 Å². The van der Waals surface area contributed by atoms with Crippen molar-refractivity contribution in [2.24, 2.45) is 47.3 Å². The summed E-state index contributed by atoms with van der Waals surface area (Å²) in [7, 11) is 2.02. The predicted octanol–water partition coefficient (Wildman–Crippen LogP) is 12.6. The van der Waals surface area contributed by atoms with Gasteiger partial charge < -0.3 is 4.74 Å². The molecule has 0 amide bonds. The van der Waals surface area contributed by atoms with Crippen molar-refractivity contribution in [2.45, 2.75) is 162 Å². The third-order valence-corrected chi connectivity index (χ3v) is 14.3. The van der Waals surface area contributed by atoms with Gasteiger partial charge in [0.1, 0.15) is 0 Å². The zero-order valence-corrected chi connectivity index (χ0v) is 32.5. The van der Waals surface area contributed by atoms with E-state index in [4.69, 9.17) is 4.74 Å². The lowest BCUT2D eigenvalue weighted by Gasteiger charge is -2.43. The van der Waals surface area contributed by atoms with Crippen LogP contribution in [0.1, 0.15) is 167 Å². The van der Waals surface area contributed by atoms with Crippen LogP contribution in [-0.2, 0) is 21.0 Å². The van der Waals surface area contributed by atoms with Crippen LogP contribution in [0.5, 0.6) is 0 Å². The highest BCUT2D eigenvalue weighted by molar-refractivity contribution is 5.40. The molecule has 2 aromatic rings. The van der Waals surface area contributed by atoms with Crippen LogP contribution in [0.15, 0.2) is 42.5 Å². The van der Waals surface area contributed by atoms with Crippen LogP contribution in [0.2, 0.25) is 0 Å². The van der Waals surface area contributed by atoms with Gasteiger partial charge in [0.15, 0.2) is 0 Å². The van der Waals surface area contributed by atoms with Crippen molar-refractivity contribution in [3.63, 3.8) is 0 Å². The molecule has 4 aliphatic carbocycles. The molecule has 4 saturated carbocycles. The molecule has 47 heavy (non-hydrogen) atoms. The second-order valence-electron chi connectivity index (χ2n) is 20.3. The molecule has 4 aliphatic rings. The number of benzene rings is 2. The molecule has 0 heterocycles. The minimum absolute atomic E-state index is 0.159. The average Bonchev–Trinajstić information content (AvgIpc) is 3.50. The summed E-state index contributed by atoms with van der Waals surface area (Å²) in [6, 6.07) is 17.6. The molecule has 0 radical (unpaired) electrons. The number of fused-ring (bicyclic) bond motifs is 2. The van der Waals surface area contributed by atoms with E-state index >= 15 is 0 Å². The second-order valence-corrected chi connectivity index (χ2v) is 20.3. The van der Waals surface area contributed by atoms with Gasteiger partial charge in [-0.1, -0.05) is 125 Å². The van der Waals surface area contributed by atoms with Crippen LogP contribution in [0.25, 0.3) is 0 Å². The summed E-state index contributed by atoms with van der Waals surface area (Å²) in [5.41, 5.74) is 8.28. The SMILES string of the molecule is COC1CCC(c2cc(C(C)(C)C)cc(C(C)(C)C)c2)C2CC(C)C(CC3C(C)CC4C(c5ccc(C(C)(C)C)cc5)CCCC34)C12. The van der Waals surface area contributed by atoms with Crippen molar-refractivity contribution in [3.8, 4) is 0 Å². The first kappa shape index (κ1) is 35.2. The van der Waals surface area contributed by atoms with Crippen LogP contribution in [0.3, 0.4) is 0 Å². The molecule has 0 saturated heterocycles. The van der Waals surface area contributed by atoms with Gasteiger partial charge in [-0.2, -0.15) is 0 Å². The fourth-order valence-electron chi connectivity index (χ4n) is 11.6. The average molecular weight is 639 g/mol. The van der Waals surface area contributed by atoms with E-state index in [1.54, 1.807) is 11.1 Å². The van der Waals surface area contributed by atoms with Gasteiger partial charge >= 0.3 is 0 Å². The molecule has 1 nitrogen and oxygen atoms in total. The van der Waals surface area contributed by atoms with Gasteiger partial charge in [0.05, 0.1) is 6.10 Å². The monoisotopic (exact) mass is 639 g/mol. The Morgan fingerprint density at radius 1 is 0.574 bits per heavy atom. The highest BCUT2D eigenvalue weighted by Crippen LogP contribution is 2.61. The zero-order chi connectivity index (χ0) is 34.1. The Kier molecular flexibility index (Phi) is 9.70. The van der Waals surface area contributed by atoms with E-state index in [0.29, 0.717) is 17.9 Å². The Labute approximate surface area is 290 Å². The third-order valence-electron chi connectivity index (χ3n) is 14.3. The number of methoxy groups -OCH3 is 1. The summed E-state index contributed by atoms with van der Waals surface area (Å²) in [5, 5.41) is 0. The van der Waals surface area contributed by atoms with E-state index in [-0.39, 0.29) is 16.2 Å². The fraction of sp³-hybridized carbons (Fsp3) is 0.739. The smallest absolute Gasteiger partial charge is 0.0605 e. The zero-order valence-electron chi connectivity index (χ0n) is 32.5. The lowest BCUT2D eigenvalue weighted by atomic mass is 9.64. The highest BCUT2D eigenvalue weighted by Gasteiger charge is 2.54. The van der Waals surface area contributed by atoms with Crippen molar-refractivity contribution in [1.29, 1.82) is 0 Å². The lowest BCUT2D eigenvalue weighted by molar-refractivity contribution is -0.0267. The van der Waals surface area contributed by atoms with Crippen molar-refractivity contribution in [2.75, 3.05) is 7.11 Å². The van der Waals surface area contributed by atoms with E-state index in [2.05, 4.69) is 119 Å². The first-order valence-electron chi connectivity index (χ1n) is 19.8. The Balaban J connectivity index is 1.25. The molecule has 4 fully saturated rings. The topological polar surface area (TPSA) is 9.23 Å². The van der Waals surface area contributed by atoms with Crippen molar-refractivity contribution >= 4 is 0 Å². The molecule has 11 unspecified atom stereocenters. The molecule has 11 atom stereocenters. The minimum atomic E-state index is 0.159. The second kappa shape index (κ2) is 12.9. The maximum Gasteiger partial charge on any atom is 0.0605 e. The van der Waals surface area contributed by atoms with E-state index in [9.17, 15) is 0 Å². The Hall–Kier alpha value is -1.60. The summed E-state index contributed by atoms with van der Waals surface area (Å²) < 4.78 is 6.43. The Morgan fingerprint density at radius 2 is 1.13 bits per heavy atom. The van der Waals surface area contributed by atoms with Crippen molar-refractivity contribution < 1.29 is 4.74 Å².